The summed E-state index contributed by atoms with van der Waals surface area (Å²) in [6, 6.07) is 16.7. The van der Waals surface area contributed by atoms with Crippen LogP contribution >= 0.6 is 0 Å². The standard InChI is InChI=1S/C10H8.Mn/c1-2-6-10-8-4-3-7-9(10)5-1;/h1-8H;. The smallest absolute Gasteiger partial charge is 0 e. The summed E-state index contributed by atoms with van der Waals surface area (Å²) >= 11 is 0. The van der Waals surface area contributed by atoms with Gasteiger partial charge in [0, 0.05) is 17.1 Å². The molecular formula is C10H8Mn. The molecule has 0 saturated carbocycles. The second-order valence-corrected chi connectivity index (χ2v) is 2.35. The van der Waals surface area contributed by atoms with E-state index < -0.39 is 0 Å². The molecule has 2 aromatic rings. The molecular weight excluding hydrogens is 175 g/mol. The van der Waals surface area contributed by atoms with Gasteiger partial charge in [-0.3, -0.25) is 0 Å². The molecule has 2 rings (SSSR count). The second kappa shape index (κ2) is 3.56. The number of benzene rings is 2. The van der Waals surface area contributed by atoms with Crippen molar-refractivity contribution in [2.75, 3.05) is 0 Å². The topological polar surface area (TPSA) is 0 Å². The molecule has 2 aromatic carbocycles. The van der Waals surface area contributed by atoms with Crippen LogP contribution in [0.2, 0.25) is 0 Å². The van der Waals surface area contributed by atoms with E-state index in [-0.39, 0.29) is 17.1 Å². The van der Waals surface area contributed by atoms with E-state index in [0.29, 0.717) is 0 Å². The first-order valence-corrected chi connectivity index (χ1v) is 3.40. The van der Waals surface area contributed by atoms with Gasteiger partial charge < -0.3 is 0 Å². The minimum Gasteiger partial charge on any atom is -0.0616 e. The Balaban J connectivity index is 0.000000605. The Morgan fingerprint density at radius 3 is 1.09 bits per heavy atom. The fourth-order valence-electron chi connectivity index (χ4n) is 1.13. The molecule has 0 aliphatic rings. The fourth-order valence-corrected chi connectivity index (χ4v) is 1.13. The maximum Gasteiger partial charge on any atom is 0 e. The Bertz CT molecular complexity index is 276. The van der Waals surface area contributed by atoms with Crippen LogP contribution < -0.4 is 0 Å². The van der Waals surface area contributed by atoms with Crippen molar-refractivity contribution in [3.63, 3.8) is 0 Å². The summed E-state index contributed by atoms with van der Waals surface area (Å²) in [5, 5.41) is 2.62. The largest absolute Gasteiger partial charge is 0.0616 e. The van der Waals surface area contributed by atoms with E-state index in [1.165, 1.54) is 10.8 Å². The van der Waals surface area contributed by atoms with Gasteiger partial charge in [-0.25, -0.2) is 0 Å². The molecule has 0 bridgehead atoms. The number of hydrogen-bond acceptors (Lipinski definition) is 0. The molecule has 0 aromatic heterocycles. The van der Waals surface area contributed by atoms with Gasteiger partial charge in [-0.1, -0.05) is 48.5 Å². The van der Waals surface area contributed by atoms with Gasteiger partial charge in [-0.15, -0.1) is 0 Å². The SMILES string of the molecule is [Mn].c1ccc2ccccc2c1. The van der Waals surface area contributed by atoms with Gasteiger partial charge in [-0.05, 0) is 10.8 Å². The predicted octanol–water partition coefficient (Wildman–Crippen LogP) is 2.84. The van der Waals surface area contributed by atoms with Crippen molar-refractivity contribution in [3.8, 4) is 0 Å². The summed E-state index contributed by atoms with van der Waals surface area (Å²) in [7, 11) is 0. The minimum atomic E-state index is 0. The summed E-state index contributed by atoms with van der Waals surface area (Å²) in [4.78, 5) is 0. The van der Waals surface area contributed by atoms with E-state index >= 15 is 0 Å². The van der Waals surface area contributed by atoms with E-state index in [1.807, 2.05) is 0 Å². The Morgan fingerprint density at radius 1 is 0.545 bits per heavy atom. The van der Waals surface area contributed by atoms with Crippen molar-refractivity contribution in [2.45, 2.75) is 0 Å². The van der Waals surface area contributed by atoms with Gasteiger partial charge in [-0.2, -0.15) is 0 Å². The minimum absolute atomic E-state index is 0. The molecule has 0 N–H and O–H groups in total. The van der Waals surface area contributed by atoms with Crippen LogP contribution in [0.1, 0.15) is 0 Å². The van der Waals surface area contributed by atoms with E-state index in [9.17, 15) is 0 Å². The quantitative estimate of drug-likeness (QED) is 0.551. The fraction of sp³-hybridized carbons (Fsp3) is 0. The zero-order valence-corrected chi connectivity index (χ0v) is 7.18. The van der Waals surface area contributed by atoms with Crippen molar-refractivity contribution in [1.82, 2.24) is 0 Å². The molecule has 0 aliphatic carbocycles. The van der Waals surface area contributed by atoms with Gasteiger partial charge in [0.25, 0.3) is 0 Å². The van der Waals surface area contributed by atoms with E-state index in [0.717, 1.165) is 0 Å². The molecule has 0 nitrogen and oxygen atoms in total. The molecule has 1 heteroatoms. The number of hydrogen-bond donors (Lipinski definition) is 0. The summed E-state index contributed by atoms with van der Waals surface area (Å²) < 4.78 is 0. The molecule has 11 heavy (non-hydrogen) atoms. The Hall–Kier alpha value is -0.781. The van der Waals surface area contributed by atoms with Gasteiger partial charge in [0.15, 0.2) is 0 Å². The zero-order valence-electron chi connectivity index (χ0n) is 6.00. The molecule has 55 valence electrons. The summed E-state index contributed by atoms with van der Waals surface area (Å²) in [6.45, 7) is 0. The Morgan fingerprint density at radius 2 is 0.818 bits per heavy atom. The molecule has 1 radical (unpaired) electrons. The van der Waals surface area contributed by atoms with Crippen LogP contribution in [0.3, 0.4) is 0 Å². The average Bonchev–Trinajstić information content (AvgIpc) is 2.05. The molecule has 0 heterocycles. The molecule has 0 saturated heterocycles. The monoisotopic (exact) mass is 183 g/mol. The molecule has 0 atom stereocenters. The second-order valence-electron chi connectivity index (χ2n) is 2.35. The van der Waals surface area contributed by atoms with Crippen LogP contribution in [-0.4, -0.2) is 0 Å². The Kier molecular flexibility index (Phi) is 2.69. The number of fused-ring (bicyclic) bond motifs is 1. The summed E-state index contributed by atoms with van der Waals surface area (Å²) in [5.74, 6) is 0. The Labute approximate surface area is 76.7 Å². The molecule has 0 fully saturated rings. The van der Waals surface area contributed by atoms with Crippen molar-refractivity contribution >= 4 is 10.8 Å². The van der Waals surface area contributed by atoms with Crippen LogP contribution in [-0.2, 0) is 17.1 Å². The van der Waals surface area contributed by atoms with Crippen LogP contribution in [0.15, 0.2) is 48.5 Å². The van der Waals surface area contributed by atoms with Crippen LogP contribution in [0, 0.1) is 0 Å². The summed E-state index contributed by atoms with van der Waals surface area (Å²) in [5.41, 5.74) is 0. The van der Waals surface area contributed by atoms with E-state index in [2.05, 4.69) is 48.5 Å². The normalized spacial score (nSPS) is 9.09. The van der Waals surface area contributed by atoms with Crippen LogP contribution in [0.25, 0.3) is 10.8 Å². The van der Waals surface area contributed by atoms with Crippen LogP contribution in [0.4, 0.5) is 0 Å². The van der Waals surface area contributed by atoms with E-state index in [4.69, 9.17) is 0 Å². The molecule has 0 unspecified atom stereocenters. The first-order chi connectivity index (χ1) is 4.97. The molecule has 0 spiro atoms. The number of rotatable bonds is 0. The maximum atomic E-state index is 2.12. The van der Waals surface area contributed by atoms with Crippen molar-refractivity contribution < 1.29 is 17.1 Å². The third kappa shape index (κ3) is 1.62. The van der Waals surface area contributed by atoms with Gasteiger partial charge in [0.2, 0.25) is 0 Å². The van der Waals surface area contributed by atoms with Gasteiger partial charge in [0.05, 0.1) is 0 Å². The third-order valence-corrected chi connectivity index (χ3v) is 1.66. The molecule has 0 amide bonds. The summed E-state index contributed by atoms with van der Waals surface area (Å²) in [6.07, 6.45) is 0. The third-order valence-electron chi connectivity index (χ3n) is 1.66. The average molecular weight is 183 g/mol. The molecule has 0 aliphatic heterocycles. The maximum absolute atomic E-state index is 2.12. The van der Waals surface area contributed by atoms with Crippen molar-refractivity contribution in [3.05, 3.63) is 48.5 Å². The van der Waals surface area contributed by atoms with E-state index in [1.54, 1.807) is 0 Å². The zero-order chi connectivity index (χ0) is 6.81. The van der Waals surface area contributed by atoms with Gasteiger partial charge >= 0.3 is 0 Å². The van der Waals surface area contributed by atoms with Crippen LogP contribution in [0.5, 0.6) is 0 Å². The first-order valence-electron chi connectivity index (χ1n) is 3.40. The predicted molar refractivity (Wildman–Crippen MR) is 43.9 cm³/mol. The van der Waals surface area contributed by atoms with Crippen molar-refractivity contribution in [2.24, 2.45) is 0 Å². The van der Waals surface area contributed by atoms with Crippen molar-refractivity contribution in [1.29, 1.82) is 0 Å². The first kappa shape index (κ1) is 8.32. The van der Waals surface area contributed by atoms with Gasteiger partial charge in [0.1, 0.15) is 0 Å².